The first kappa shape index (κ1) is 22.3. The molecule has 0 atom stereocenters. The fourth-order valence-electron chi connectivity index (χ4n) is 2.48. The third-order valence-electron chi connectivity index (χ3n) is 4.08. The van der Waals surface area contributed by atoms with E-state index in [0.717, 1.165) is 5.56 Å². The molecule has 0 aliphatic heterocycles. The number of para-hydroxylation sites is 1. The van der Waals surface area contributed by atoms with Crippen molar-refractivity contribution in [2.75, 3.05) is 31.0 Å². The molecule has 7 nitrogen and oxygen atoms in total. The van der Waals surface area contributed by atoms with E-state index < -0.39 is 0 Å². The number of methoxy groups -OCH3 is 1. The van der Waals surface area contributed by atoms with Gasteiger partial charge in [0.15, 0.2) is 5.11 Å². The van der Waals surface area contributed by atoms with Crippen molar-refractivity contribution in [2.24, 2.45) is 0 Å². The predicted molar refractivity (Wildman–Crippen MR) is 118 cm³/mol. The van der Waals surface area contributed by atoms with Crippen molar-refractivity contribution in [2.45, 2.75) is 20.3 Å². The van der Waals surface area contributed by atoms with E-state index in [2.05, 4.69) is 16.0 Å². The highest BCUT2D eigenvalue weighted by Crippen LogP contribution is 2.23. The summed E-state index contributed by atoms with van der Waals surface area (Å²) < 4.78 is 10.6. The van der Waals surface area contributed by atoms with Crippen LogP contribution in [0.4, 0.5) is 11.4 Å². The molecule has 154 valence electrons. The second-order valence-electron chi connectivity index (χ2n) is 6.13. The molecule has 2 rings (SSSR count). The van der Waals surface area contributed by atoms with Crippen molar-refractivity contribution < 1.29 is 19.1 Å². The van der Waals surface area contributed by atoms with Gasteiger partial charge in [-0.05, 0) is 49.0 Å². The van der Waals surface area contributed by atoms with Crippen molar-refractivity contribution in [1.82, 2.24) is 5.32 Å². The minimum atomic E-state index is -0.386. The van der Waals surface area contributed by atoms with Gasteiger partial charge in [-0.3, -0.25) is 14.9 Å². The number of benzene rings is 2. The van der Waals surface area contributed by atoms with Gasteiger partial charge in [-0.2, -0.15) is 0 Å². The monoisotopic (exact) mass is 415 g/mol. The molecule has 2 aromatic carbocycles. The van der Waals surface area contributed by atoms with Crippen molar-refractivity contribution in [1.29, 1.82) is 0 Å². The van der Waals surface area contributed by atoms with Gasteiger partial charge < -0.3 is 20.1 Å². The lowest BCUT2D eigenvalue weighted by Crippen LogP contribution is -2.34. The maximum atomic E-state index is 12.6. The number of carbonyl (C=O) groups excluding carboxylic acids is 2. The zero-order valence-corrected chi connectivity index (χ0v) is 17.5. The van der Waals surface area contributed by atoms with Gasteiger partial charge in [-0.15, -0.1) is 0 Å². The molecule has 0 heterocycles. The molecule has 0 aliphatic carbocycles. The number of anilines is 2. The SMILES string of the molecule is CCC(=O)Nc1cccc(NC(=S)NC(=O)c2ccccc2OCCOC)c1C. The standard InChI is InChI=1S/C21H25N3O4S/c1-4-19(25)22-16-9-7-10-17(14(16)2)23-21(29)24-20(26)15-8-5-6-11-18(15)28-13-12-27-3/h5-11H,4,12-13H2,1-3H3,(H,22,25)(H2,23,24,26,29). The Hall–Kier alpha value is -2.97. The Morgan fingerprint density at radius 2 is 1.69 bits per heavy atom. The van der Waals surface area contributed by atoms with Crippen LogP contribution in [0.5, 0.6) is 5.75 Å². The van der Waals surface area contributed by atoms with Gasteiger partial charge in [0.2, 0.25) is 5.91 Å². The Bertz CT molecular complexity index is 886. The van der Waals surface area contributed by atoms with Crippen LogP contribution >= 0.6 is 12.2 Å². The fourth-order valence-corrected chi connectivity index (χ4v) is 2.69. The summed E-state index contributed by atoms with van der Waals surface area (Å²) in [6.07, 6.45) is 0.386. The van der Waals surface area contributed by atoms with Gasteiger partial charge >= 0.3 is 0 Å². The summed E-state index contributed by atoms with van der Waals surface area (Å²) in [4.78, 5) is 24.3. The average Bonchev–Trinajstić information content (AvgIpc) is 2.71. The summed E-state index contributed by atoms with van der Waals surface area (Å²) in [5.41, 5.74) is 2.56. The lowest BCUT2D eigenvalue weighted by molar-refractivity contribution is -0.115. The average molecular weight is 416 g/mol. The van der Waals surface area contributed by atoms with Crippen molar-refractivity contribution >= 4 is 40.5 Å². The third kappa shape index (κ3) is 6.55. The minimum absolute atomic E-state index is 0.0776. The lowest BCUT2D eigenvalue weighted by atomic mass is 10.1. The van der Waals surface area contributed by atoms with E-state index in [0.29, 0.717) is 42.3 Å². The maximum absolute atomic E-state index is 12.6. The van der Waals surface area contributed by atoms with Crippen LogP contribution in [0.25, 0.3) is 0 Å². The normalized spacial score (nSPS) is 10.2. The Balaban J connectivity index is 2.05. The van der Waals surface area contributed by atoms with Crippen LogP contribution in [0.1, 0.15) is 29.3 Å². The summed E-state index contributed by atoms with van der Waals surface area (Å²) in [6.45, 7) is 4.39. The maximum Gasteiger partial charge on any atom is 0.261 e. The number of hydrogen-bond acceptors (Lipinski definition) is 5. The molecule has 2 amide bonds. The second kappa shape index (κ2) is 11.1. The Kier molecular flexibility index (Phi) is 8.57. The molecule has 0 bridgehead atoms. The molecule has 0 aromatic heterocycles. The van der Waals surface area contributed by atoms with Gasteiger partial charge in [-0.1, -0.05) is 25.1 Å². The number of carbonyl (C=O) groups is 2. The zero-order chi connectivity index (χ0) is 21.2. The molecule has 0 saturated carbocycles. The molecule has 8 heteroatoms. The highest BCUT2D eigenvalue weighted by Gasteiger charge is 2.14. The quantitative estimate of drug-likeness (QED) is 0.452. The molecular formula is C21H25N3O4S. The third-order valence-corrected chi connectivity index (χ3v) is 4.29. The molecule has 29 heavy (non-hydrogen) atoms. The van der Waals surface area contributed by atoms with E-state index in [-0.39, 0.29) is 16.9 Å². The van der Waals surface area contributed by atoms with Gasteiger partial charge in [-0.25, -0.2) is 0 Å². The number of amides is 2. The van der Waals surface area contributed by atoms with E-state index in [9.17, 15) is 9.59 Å². The van der Waals surface area contributed by atoms with Gasteiger partial charge in [0.25, 0.3) is 5.91 Å². The van der Waals surface area contributed by atoms with Crippen LogP contribution in [0, 0.1) is 6.92 Å². The van der Waals surface area contributed by atoms with Crippen LogP contribution in [0.2, 0.25) is 0 Å². The highest BCUT2D eigenvalue weighted by molar-refractivity contribution is 7.80. The highest BCUT2D eigenvalue weighted by atomic mass is 32.1. The van der Waals surface area contributed by atoms with Crippen LogP contribution in [-0.2, 0) is 9.53 Å². The van der Waals surface area contributed by atoms with Crippen molar-refractivity contribution in [3.63, 3.8) is 0 Å². The zero-order valence-electron chi connectivity index (χ0n) is 16.7. The topological polar surface area (TPSA) is 88.7 Å². The fraction of sp³-hybridized carbons (Fsp3) is 0.286. The smallest absolute Gasteiger partial charge is 0.261 e. The Morgan fingerprint density at radius 1 is 1.00 bits per heavy atom. The van der Waals surface area contributed by atoms with E-state index in [4.69, 9.17) is 21.7 Å². The summed E-state index contributed by atoms with van der Waals surface area (Å²) in [5, 5.41) is 8.64. The first-order chi connectivity index (χ1) is 14.0. The number of nitrogens with one attached hydrogen (secondary N) is 3. The largest absolute Gasteiger partial charge is 0.490 e. The van der Waals surface area contributed by atoms with Crippen LogP contribution in [-0.4, -0.2) is 37.3 Å². The van der Waals surface area contributed by atoms with E-state index in [1.807, 2.05) is 19.1 Å². The van der Waals surface area contributed by atoms with Gasteiger partial charge in [0, 0.05) is 24.9 Å². The molecule has 0 radical (unpaired) electrons. The first-order valence-electron chi connectivity index (χ1n) is 9.18. The van der Waals surface area contributed by atoms with E-state index in [1.54, 1.807) is 44.4 Å². The van der Waals surface area contributed by atoms with Crippen molar-refractivity contribution in [3.8, 4) is 5.75 Å². The molecule has 0 aliphatic rings. The first-order valence-corrected chi connectivity index (χ1v) is 9.59. The summed E-state index contributed by atoms with van der Waals surface area (Å²) in [7, 11) is 1.58. The van der Waals surface area contributed by atoms with Gasteiger partial charge in [0.1, 0.15) is 12.4 Å². The number of rotatable bonds is 8. The van der Waals surface area contributed by atoms with E-state index in [1.165, 1.54) is 0 Å². The molecule has 0 saturated heterocycles. The number of ether oxygens (including phenoxy) is 2. The summed E-state index contributed by atoms with van der Waals surface area (Å²) >= 11 is 5.28. The van der Waals surface area contributed by atoms with Crippen LogP contribution in [0.15, 0.2) is 42.5 Å². The Labute approximate surface area is 175 Å². The van der Waals surface area contributed by atoms with E-state index >= 15 is 0 Å². The van der Waals surface area contributed by atoms with Gasteiger partial charge in [0.05, 0.1) is 12.2 Å². The summed E-state index contributed by atoms with van der Waals surface area (Å²) in [6, 6.07) is 12.3. The molecule has 2 aromatic rings. The minimum Gasteiger partial charge on any atom is -0.490 e. The molecule has 0 unspecified atom stereocenters. The molecule has 0 spiro atoms. The number of hydrogen-bond donors (Lipinski definition) is 3. The molecule has 3 N–H and O–H groups in total. The Morgan fingerprint density at radius 3 is 2.38 bits per heavy atom. The lowest BCUT2D eigenvalue weighted by Gasteiger charge is -2.16. The van der Waals surface area contributed by atoms with Crippen molar-refractivity contribution in [3.05, 3.63) is 53.6 Å². The summed E-state index contributed by atoms with van der Waals surface area (Å²) in [5.74, 6) is -0.0138. The predicted octanol–water partition coefficient (Wildman–Crippen LogP) is 3.50. The van der Waals surface area contributed by atoms with Crippen LogP contribution < -0.4 is 20.7 Å². The number of thiocarbonyl (C=S) groups is 1. The molecular weight excluding hydrogens is 390 g/mol. The molecule has 0 fully saturated rings. The van der Waals surface area contributed by atoms with Crippen LogP contribution in [0.3, 0.4) is 0 Å². The second-order valence-corrected chi connectivity index (χ2v) is 6.53.